The SMILES string of the molecule is CCc1c(N2CCN(C(=O)c3ncnc(C)c3O)CC2)c(=O)n2nc(-c3cccc4c3OCCO4)nc2n1CC(=O)Nc1c(Cl)cc(C(F)(F)F)c2c1CC2. The number of fused-ring (bicyclic) bond motifs is 3. The van der Waals surface area contributed by atoms with E-state index in [1.165, 1.54) is 11.2 Å². The van der Waals surface area contributed by atoms with Crippen molar-refractivity contribution in [3.8, 4) is 28.6 Å². The van der Waals surface area contributed by atoms with E-state index in [0.717, 1.165) is 10.6 Å². The number of anilines is 2. The minimum atomic E-state index is -4.60. The molecule has 5 aromatic rings. The van der Waals surface area contributed by atoms with Crippen LogP contribution in [0.15, 0.2) is 35.4 Å². The number of ether oxygens (including phenoxy) is 2. The number of aryl methyl sites for hydroxylation is 1. The van der Waals surface area contributed by atoms with Crippen LogP contribution in [0.5, 0.6) is 17.2 Å². The molecular formula is C36H33ClF3N9O6. The van der Waals surface area contributed by atoms with Gasteiger partial charge in [-0.05, 0) is 55.5 Å². The number of nitrogens with zero attached hydrogens (tertiary/aromatic N) is 8. The molecule has 0 saturated carbocycles. The average molecular weight is 780 g/mol. The minimum absolute atomic E-state index is 0.0417. The summed E-state index contributed by atoms with van der Waals surface area (Å²) in [6.07, 6.45) is -2.62. The number of rotatable bonds is 7. The lowest BCUT2D eigenvalue weighted by Crippen LogP contribution is -2.51. The third kappa shape index (κ3) is 6.23. The molecule has 2 aliphatic heterocycles. The van der Waals surface area contributed by atoms with Crippen LogP contribution in [0.2, 0.25) is 5.02 Å². The van der Waals surface area contributed by atoms with Gasteiger partial charge in [-0.1, -0.05) is 24.6 Å². The summed E-state index contributed by atoms with van der Waals surface area (Å²) in [5.41, 5.74) is 0.468. The molecule has 0 unspecified atom stereocenters. The zero-order valence-corrected chi connectivity index (χ0v) is 30.3. The summed E-state index contributed by atoms with van der Waals surface area (Å²) in [6, 6.07) is 6.03. The van der Waals surface area contributed by atoms with Crippen LogP contribution in [0.25, 0.3) is 17.2 Å². The van der Waals surface area contributed by atoms with Crippen LogP contribution in [-0.2, 0) is 36.8 Å². The van der Waals surface area contributed by atoms with Crippen LogP contribution >= 0.6 is 11.6 Å². The molecule has 1 fully saturated rings. The first-order valence-electron chi connectivity index (χ1n) is 17.5. The van der Waals surface area contributed by atoms with Gasteiger partial charge < -0.3 is 34.3 Å². The van der Waals surface area contributed by atoms with Crippen LogP contribution in [-0.4, -0.2) is 90.3 Å². The summed E-state index contributed by atoms with van der Waals surface area (Å²) in [5.74, 6) is -0.349. The van der Waals surface area contributed by atoms with Gasteiger partial charge in [-0.15, -0.1) is 5.10 Å². The fourth-order valence-corrected chi connectivity index (χ4v) is 7.56. The van der Waals surface area contributed by atoms with E-state index in [1.54, 1.807) is 29.7 Å². The number of piperazine rings is 1. The van der Waals surface area contributed by atoms with E-state index in [0.29, 0.717) is 41.3 Å². The van der Waals surface area contributed by atoms with E-state index in [-0.39, 0.29) is 96.3 Å². The van der Waals surface area contributed by atoms with E-state index < -0.39 is 35.7 Å². The summed E-state index contributed by atoms with van der Waals surface area (Å²) < 4.78 is 55.5. The van der Waals surface area contributed by atoms with Gasteiger partial charge in [0, 0.05) is 26.2 Å². The number of para-hydroxylation sites is 1. The number of carbonyl (C=O) groups is 2. The molecule has 0 radical (unpaired) electrons. The molecule has 15 nitrogen and oxygen atoms in total. The van der Waals surface area contributed by atoms with Crippen molar-refractivity contribution in [2.45, 2.75) is 45.8 Å². The lowest BCUT2D eigenvalue weighted by molar-refractivity contribution is -0.138. The lowest BCUT2D eigenvalue weighted by Gasteiger charge is -2.36. The summed E-state index contributed by atoms with van der Waals surface area (Å²) in [5, 5.41) is 17.5. The molecule has 3 aliphatic rings. The van der Waals surface area contributed by atoms with Crippen molar-refractivity contribution >= 4 is 40.6 Å². The number of hydrogen-bond donors (Lipinski definition) is 2. The van der Waals surface area contributed by atoms with E-state index in [4.69, 9.17) is 26.1 Å². The molecule has 2 N–H and O–H groups in total. The molecule has 2 aromatic carbocycles. The van der Waals surface area contributed by atoms with E-state index in [9.17, 15) is 32.7 Å². The second kappa shape index (κ2) is 13.7. The van der Waals surface area contributed by atoms with Gasteiger partial charge in [-0.2, -0.15) is 22.7 Å². The zero-order chi connectivity index (χ0) is 38.8. The highest BCUT2D eigenvalue weighted by Crippen LogP contribution is 2.45. The molecule has 2 amide bonds. The number of carbonyl (C=O) groups excluding carboxylic acids is 2. The van der Waals surface area contributed by atoms with Crippen molar-refractivity contribution in [3.63, 3.8) is 0 Å². The van der Waals surface area contributed by atoms with Crippen molar-refractivity contribution in [1.82, 2.24) is 34.0 Å². The Morgan fingerprint density at radius 3 is 2.51 bits per heavy atom. The number of nitrogens with one attached hydrogen (secondary N) is 1. The number of benzene rings is 2. The van der Waals surface area contributed by atoms with E-state index >= 15 is 0 Å². The van der Waals surface area contributed by atoms with Crippen molar-refractivity contribution in [2.75, 3.05) is 49.6 Å². The molecule has 55 heavy (non-hydrogen) atoms. The molecule has 286 valence electrons. The number of aromatic nitrogens is 6. The normalized spacial score (nSPS) is 15.2. The van der Waals surface area contributed by atoms with Gasteiger partial charge in [0.1, 0.15) is 31.8 Å². The summed E-state index contributed by atoms with van der Waals surface area (Å²) in [7, 11) is 0. The second-order valence-electron chi connectivity index (χ2n) is 13.2. The highest BCUT2D eigenvalue weighted by molar-refractivity contribution is 6.34. The lowest BCUT2D eigenvalue weighted by atomic mass is 9.83. The first-order valence-corrected chi connectivity index (χ1v) is 17.9. The van der Waals surface area contributed by atoms with Crippen molar-refractivity contribution in [2.24, 2.45) is 0 Å². The van der Waals surface area contributed by atoms with Crippen LogP contribution in [0, 0.1) is 6.92 Å². The van der Waals surface area contributed by atoms with Gasteiger partial charge in [0.15, 0.2) is 28.8 Å². The minimum Gasteiger partial charge on any atom is -0.504 e. The first-order chi connectivity index (χ1) is 26.3. The van der Waals surface area contributed by atoms with Crippen molar-refractivity contribution in [3.05, 3.63) is 79.7 Å². The van der Waals surface area contributed by atoms with Gasteiger partial charge in [0.05, 0.1) is 33.2 Å². The van der Waals surface area contributed by atoms with Crippen molar-refractivity contribution in [1.29, 1.82) is 0 Å². The predicted molar refractivity (Wildman–Crippen MR) is 192 cm³/mol. The van der Waals surface area contributed by atoms with Crippen LogP contribution in [0.4, 0.5) is 24.5 Å². The fourth-order valence-electron chi connectivity index (χ4n) is 7.29. The van der Waals surface area contributed by atoms with Gasteiger partial charge in [-0.3, -0.25) is 14.4 Å². The Morgan fingerprint density at radius 1 is 1.05 bits per heavy atom. The highest BCUT2D eigenvalue weighted by Gasteiger charge is 2.39. The molecule has 19 heteroatoms. The summed E-state index contributed by atoms with van der Waals surface area (Å²) in [6.45, 7) is 4.39. The average Bonchev–Trinajstić information content (AvgIpc) is 3.60. The van der Waals surface area contributed by atoms with Crippen LogP contribution in [0.1, 0.15) is 45.5 Å². The fraction of sp³-hybridized carbons (Fsp3) is 0.361. The monoisotopic (exact) mass is 779 g/mol. The number of halogens is 4. The Morgan fingerprint density at radius 2 is 1.80 bits per heavy atom. The first kappa shape index (κ1) is 36.1. The maximum absolute atomic E-state index is 14.4. The van der Waals surface area contributed by atoms with Gasteiger partial charge in [0.25, 0.3) is 11.5 Å². The Kier molecular flexibility index (Phi) is 9.02. The maximum Gasteiger partial charge on any atom is 0.416 e. The summed E-state index contributed by atoms with van der Waals surface area (Å²) in [4.78, 5) is 57.6. The third-order valence-corrected chi connectivity index (χ3v) is 10.4. The Bertz CT molecular complexity index is 2460. The van der Waals surface area contributed by atoms with Gasteiger partial charge in [-0.25, -0.2) is 9.97 Å². The quantitative estimate of drug-likeness (QED) is 0.244. The summed E-state index contributed by atoms with van der Waals surface area (Å²) >= 11 is 6.35. The molecule has 0 atom stereocenters. The van der Waals surface area contributed by atoms with Gasteiger partial charge in [0.2, 0.25) is 11.7 Å². The molecule has 1 aliphatic carbocycles. The molecular weight excluding hydrogens is 747 g/mol. The van der Waals surface area contributed by atoms with E-state index in [1.807, 2.05) is 11.8 Å². The molecule has 0 spiro atoms. The second-order valence-corrected chi connectivity index (χ2v) is 13.6. The molecule has 0 bridgehead atoms. The number of alkyl halides is 3. The Labute approximate surface area is 315 Å². The number of aromatic hydroxyl groups is 1. The number of amides is 2. The topological polar surface area (TPSA) is 169 Å². The molecule has 1 saturated heterocycles. The maximum atomic E-state index is 14.4. The Hall–Kier alpha value is -5.91. The van der Waals surface area contributed by atoms with Crippen LogP contribution < -0.4 is 25.2 Å². The van der Waals surface area contributed by atoms with Crippen molar-refractivity contribution < 1.29 is 37.3 Å². The largest absolute Gasteiger partial charge is 0.504 e. The molecule has 8 rings (SSSR count). The Balaban J connectivity index is 1.18. The zero-order valence-electron chi connectivity index (χ0n) is 29.5. The van der Waals surface area contributed by atoms with Gasteiger partial charge >= 0.3 is 6.18 Å². The van der Waals surface area contributed by atoms with Crippen LogP contribution in [0.3, 0.4) is 0 Å². The molecule has 3 aromatic heterocycles. The third-order valence-electron chi connectivity index (χ3n) is 10.1. The molecule has 5 heterocycles. The predicted octanol–water partition coefficient (Wildman–Crippen LogP) is 4.07. The van der Waals surface area contributed by atoms with E-state index in [2.05, 4.69) is 20.4 Å². The smallest absolute Gasteiger partial charge is 0.416 e. The standard InChI is InChI=1S/C36H33ClF3N9O6/c1-3-24-29(46-9-11-47(12-10-46)33(52)28-30(51)18(2)41-17-42-28)34(53)49-35(44-32(45-49)21-5-4-6-25-31(21)55-14-13-54-25)48(24)16-26(50)43-27-20-8-7-19(20)22(15-23(27)37)36(38,39)40/h4-6,15,17,51H,3,7-14,16H2,1-2H3,(H,43,50). The highest BCUT2D eigenvalue weighted by atomic mass is 35.5. The number of hydrogen-bond acceptors (Lipinski definition) is 11.